The van der Waals surface area contributed by atoms with Crippen molar-refractivity contribution in [1.29, 1.82) is 0 Å². The minimum Gasteiger partial charge on any atom is -0.490 e. The van der Waals surface area contributed by atoms with E-state index in [2.05, 4.69) is 14.8 Å². The van der Waals surface area contributed by atoms with Gasteiger partial charge in [-0.2, -0.15) is 5.10 Å². The zero-order chi connectivity index (χ0) is 19.4. The molecule has 2 heterocycles. The minimum atomic E-state index is -3.80. The molecule has 0 aliphatic carbocycles. The van der Waals surface area contributed by atoms with E-state index >= 15 is 0 Å². The monoisotopic (exact) mass is 400 g/mol. The van der Waals surface area contributed by atoms with Crippen LogP contribution in [-0.2, 0) is 16.6 Å². The Morgan fingerprint density at radius 3 is 2.61 bits per heavy atom. The zero-order valence-electron chi connectivity index (χ0n) is 15.1. The number of nitrogens with zero attached hydrogens (tertiary/aromatic N) is 3. The molecule has 0 amide bonds. The van der Waals surface area contributed by atoms with Gasteiger partial charge >= 0.3 is 0 Å². The van der Waals surface area contributed by atoms with Crippen LogP contribution in [0.1, 0.15) is 18.0 Å². The topological polar surface area (TPSA) is 95.3 Å². The molecule has 9 heteroatoms. The highest BCUT2D eigenvalue weighted by Gasteiger charge is 2.24. The van der Waals surface area contributed by atoms with Crippen LogP contribution in [0.5, 0.6) is 11.5 Å². The summed E-state index contributed by atoms with van der Waals surface area (Å²) in [5.41, 5.74) is 0.830. The van der Waals surface area contributed by atoms with Gasteiger partial charge in [-0.1, -0.05) is 30.3 Å². The highest BCUT2D eigenvalue weighted by Crippen LogP contribution is 2.32. The fourth-order valence-corrected chi connectivity index (χ4v) is 4.21. The molecule has 4 rings (SSSR count). The summed E-state index contributed by atoms with van der Waals surface area (Å²) in [5.74, 6) is 0.992. The molecule has 1 N–H and O–H groups in total. The molecule has 1 atom stereocenters. The summed E-state index contributed by atoms with van der Waals surface area (Å²) in [4.78, 5) is 4.05. The molecule has 28 heavy (non-hydrogen) atoms. The lowest BCUT2D eigenvalue weighted by molar-refractivity contribution is 0.297. The number of sulfonamides is 1. The summed E-state index contributed by atoms with van der Waals surface area (Å²) in [5, 5.41) is 4.09. The Bertz CT molecular complexity index is 1020. The van der Waals surface area contributed by atoms with Crippen LogP contribution in [-0.4, -0.2) is 36.4 Å². The maximum atomic E-state index is 13.1. The van der Waals surface area contributed by atoms with Crippen molar-refractivity contribution in [3.05, 3.63) is 66.7 Å². The first-order chi connectivity index (χ1) is 13.6. The normalized spacial score (nSPS) is 15.0. The molecule has 1 aliphatic heterocycles. The van der Waals surface area contributed by atoms with E-state index in [0.717, 1.165) is 12.0 Å². The van der Waals surface area contributed by atoms with Crippen LogP contribution >= 0.6 is 0 Å². The Balaban J connectivity index is 1.62. The highest BCUT2D eigenvalue weighted by atomic mass is 32.2. The molecule has 146 valence electrons. The van der Waals surface area contributed by atoms with Crippen molar-refractivity contribution in [1.82, 2.24) is 19.5 Å². The minimum absolute atomic E-state index is 0.122. The Morgan fingerprint density at radius 2 is 1.86 bits per heavy atom. The molecular weight excluding hydrogens is 380 g/mol. The summed E-state index contributed by atoms with van der Waals surface area (Å²) in [7, 11) is -3.80. The van der Waals surface area contributed by atoms with Gasteiger partial charge in [0.05, 0.1) is 30.7 Å². The molecule has 0 saturated carbocycles. The van der Waals surface area contributed by atoms with E-state index in [1.54, 1.807) is 17.1 Å². The van der Waals surface area contributed by atoms with E-state index in [1.165, 1.54) is 18.5 Å². The van der Waals surface area contributed by atoms with Gasteiger partial charge in [-0.05, 0) is 17.7 Å². The van der Waals surface area contributed by atoms with Crippen LogP contribution in [0.25, 0.3) is 0 Å². The number of hydrogen-bond donors (Lipinski definition) is 1. The third-order valence-corrected chi connectivity index (χ3v) is 5.83. The third kappa shape index (κ3) is 4.15. The molecule has 2 aromatic carbocycles. The van der Waals surface area contributed by atoms with Crippen LogP contribution < -0.4 is 14.2 Å². The van der Waals surface area contributed by atoms with Crippen molar-refractivity contribution in [3.63, 3.8) is 0 Å². The molecule has 8 nitrogen and oxygen atoms in total. The molecular formula is C19H20N4O4S. The molecule has 1 unspecified atom stereocenters. The second-order valence-corrected chi connectivity index (χ2v) is 8.08. The van der Waals surface area contributed by atoms with Crippen LogP contribution in [0, 0.1) is 0 Å². The van der Waals surface area contributed by atoms with E-state index < -0.39 is 16.1 Å². The lowest BCUT2D eigenvalue weighted by atomic mass is 10.1. The molecule has 1 aliphatic rings. The molecule has 0 spiro atoms. The molecule has 0 saturated heterocycles. The lowest BCUT2D eigenvalue weighted by Crippen LogP contribution is -2.31. The summed E-state index contributed by atoms with van der Waals surface area (Å²) in [6.45, 7) is 1.35. The van der Waals surface area contributed by atoms with Crippen molar-refractivity contribution in [3.8, 4) is 11.5 Å². The van der Waals surface area contributed by atoms with Gasteiger partial charge in [0.2, 0.25) is 10.0 Å². The Morgan fingerprint density at radius 1 is 1.07 bits per heavy atom. The van der Waals surface area contributed by atoms with Crippen LogP contribution in [0.2, 0.25) is 0 Å². The zero-order valence-corrected chi connectivity index (χ0v) is 15.9. The first-order valence-electron chi connectivity index (χ1n) is 8.91. The van der Waals surface area contributed by atoms with Gasteiger partial charge in [-0.25, -0.2) is 18.1 Å². The Labute approximate surface area is 163 Å². The highest BCUT2D eigenvalue weighted by molar-refractivity contribution is 7.89. The quantitative estimate of drug-likeness (QED) is 0.681. The van der Waals surface area contributed by atoms with Gasteiger partial charge in [-0.15, -0.1) is 0 Å². The van der Waals surface area contributed by atoms with Crippen molar-refractivity contribution < 1.29 is 17.9 Å². The molecule has 0 bridgehead atoms. The van der Waals surface area contributed by atoms with E-state index in [0.29, 0.717) is 31.3 Å². The second-order valence-electron chi connectivity index (χ2n) is 6.36. The van der Waals surface area contributed by atoms with Gasteiger partial charge in [0, 0.05) is 12.5 Å². The summed E-state index contributed by atoms with van der Waals surface area (Å²) < 4.78 is 41.7. The van der Waals surface area contributed by atoms with Gasteiger partial charge in [-0.3, -0.25) is 4.68 Å². The van der Waals surface area contributed by atoms with Crippen LogP contribution in [0.4, 0.5) is 0 Å². The van der Waals surface area contributed by atoms with Crippen LogP contribution in [0.3, 0.4) is 0 Å². The fraction of sp³-hybridized carbons (Fsp3) is 0.263. The number of aromatic nitrogens is 3. The summed E-state index contributed by atoms with van der Waals surface area (Å²) in [6.07, 6.45) is 3.72. The number of ether oxygens (including phenoxy) is 2. The van der Waals surface area contributed by atoms with E-state index in [-0.39, 0.29) is 4.90 Å². The molecule has 3 aromatic rings. The van der Waals surface area contributed by atoms with Gasteiger partial charge in [0.25, 0.3) is 0 Å². The van der Waals surface area contributed by atoms with Crippen LogP contribution in [0.15, 0.2) is 66.1 Å². The van der Waals surface area contributed by atoms with Crippen molar-refractivity contribution >= 4 is 10.0 Å². The summed E-state index contributed by atoms with van der Waals surface area (Å²) in [6, 6.07) is 13.5. The fourth-order valence-electron chi connectivity index (χ4n) is 2.98. The number of rotatable bonds is 6. The number of nitrogens with one attached hydrogen (secondary N) is 1. The van der Waals surface area contributed by atoms with Gasteiger partial charge in [0.1, 0.15) is 12.7 Å². The number of hydrogen-bond acceptors (Lipinski definition) is 6. The first-order valence-corrected chi connectivity index (χ1v) is 10.4. The van der Waals surface area contributed by atoms with E-state index in [1.807, 2.05) is 30.3 Å². The molecule has 0 radical (unpaired) electrons. The average Bonchev–Trinajstić information content (AvgIpc) is 3.10. The standard InChI is InChI=1S/C19H20N4O4S/c24-28(25,16-7-8-18-19(11-16)27-10-4-9-26-18)22-17(12-23-14-20-13-21-23)15-5-2-1-3-6-15/h1-3,5-8,11,13-14,17,22H,4,9-10,12H2. The molecule has 0 fully saturated rings. The Kier molecular flexibility index (Phi) is 5.27. The number of fused-ring (bicyclic) bond motifs is 1. The van der Waals surface area contributed by atoms with Crippen molar-refractivity contribution in [2.75, 3.05) is 13.2 Å². The van der Waals surface area contributed by atoms with Gasteiger partial charge < -0.3 is 9.47 Å². The number of benzene rings is 2. The van der Waals surface area contributed by atoms with Gasteiger partial charge in [0.15, 0.2) is 11.5 Å². The first kappa shape index (κ1) is 18.5. The van der Waals surface area contributed by atoms with Crippen molar-refractivity contribution in [2.45, 2.75) is 23.9 Å². The predicted octanol–water partition coefficient (Wildman–Crippen LogP) is 2.16. The maximum Gasteiger partial charge on any atom is 0.241 e. The second kappa shape index (κ2) is 7.99. The largest absolute Gasteiger partial charge is 0.490 e. The third-order valence-electron chi connectivity index (χ3n) is 4.36. The maximum absolute atomic E-state index is 13.1. The van der Waals surface area contributed by atoms with E-state index in [4.69, 9.17) is 9.47 Å². The Hall–Kier alpha value is -2.91. The van der Waals surface area contributed by atoms with Crippen molar-refractivity contribution in [2.24, 2.45) is 0 Å². The predicted molar refractivity (Wildman–Crippen MR) is 102 cm³/mol. The molecule has 1 aromatic heterocycles. The summed E-state index contributed by atoms with van der Waals surface area (Å²) >= 11 is 0. The van der Waals surface area contributed by atoms with E-state index in [9.17, 15) is 8.42 Å². The SMILES string of the molecule is O=S(=O)(NC(Cn1cncn1)c1ccccc1)c1ccc2c(c1)OCCCO2. The smallest absolute Gasteiger partial charge is 0.241 e. The average molecular weight is 400 g/mol. The lowest BCUT2D eigenvalue weighted by Gasteiger charge is -2.19.